The van der Waals surface area contributed by atoms with Crippen molar-refractivity contribution in [2.45, 2.75) is 6.92 Å². The van der Waals surface area contributed by atoms with E-state index in [1.165, 1.54) is 6.20 Å². The fourth-order valence-electron chi connectivity index (χ4n) is 3.25. The molecule has 0 spiro atoms. The van der Waals surface area contributed by atoms with Crippen LogP contribution in [0.2, 0.25) is 5.02 Å². The number of nitrogens with zero attached hydrogens (tertiary/aromatic N) is 5. The van der Waals surface area contributed by atoms with Crippen molar-refractivity contribution in [3.05, 3.63) is 40.9 Å². The molecule has 2 aliphatic heterocycles. The Hall–Kier alpha value is -2.61. The number of carbonyl (C=O) groups is 1. The third kappa shape index (κ3) is 3.49. The lowest BCUT2D eigenvalue weighted by Crippen LogP contribution is -2.54. The molecule has 1 aromatic heterocycles. The van der Waals surface area contributed by atoms with Crippen LogP contribution in [0.4, 0.5) is 20.8 Å². The van der Waals surface area contributed by atoms with Gasteiger partial charge in [0.05, 0.1) is 24.1 Å². The molecule has 9 heteroatoms. The van der Waals surface area contributed by atoms with Gasteiger partial charge in [0.15, 0.2) is 5.82 Å². The molecule has 3 heterocycles. The van der Waals surface area contributed by atoms with Crippen LogP contribution in [0.5, 0.6) is 5.75 Å². The lowest BCUT2D eigenvalue weighted by Gasteiger charge is -2.39. The molecular weight excluding hydrogens is 373 g/mol. The minimum Gasteiger partial charge on any atom is -0.489 e. The Morgan fingerprint density at radius 3 is 2.74 bits per heavy atom. The maximum atomic E-state index is 13.4. The smallest absolute Gasteiger partial charge is 0.324 e. The van der Waals surface area contributed by atoms with Crippen molar-refractivity contribution >= 4 is 29.3 Å². The van der Waals surface area contributed by atoms with Gasteiger partial charge in [0.2, 0.25) is 5.95 Å². The Balaban J connectivity index is 1.44. The number of aromatic nitrogens is 2. The maximum Gasteiger partial charge on any atom is 0.324 e. The lowest BCUT2D eigenvalue weighted by atomic mass is 10.2. The number of amides is 2. The molecule has 0 unspecified atom stereocenters. The van der Waals surface area contributed by atoms with Gasteiger partial charge >= 0.3 is 6.03 Å². The number of piperazine rings is 1. The summed E-state index contributed by atoms with van der Waals surface area (Å²) in [4.78, 5) is 26.7. The number of urea groups is 1. The van der Waals surface area contributed by atoms with Gasteiger partial charge < -0.3 is 14.5 Å². The van der Waals surface area contributed by atoms with E-state index in [9.17, 15) is 9.18 Å². The van der Waals surface area contributed by atoms with E-state index >= 15 is 0 Å². The van der Waals surface area contributed by atoms with E-state index in [0.29, 0.717) is 61.7 Å². The fraction of sp³-hybridized carbons (Fsp3) is 0.389. The summed E-state index contributed by atoms with van der Waals surface area (Å²) in [5.41, 5.74) is 1.05. The molecule has 2 aromatic rings. The monoisotopic (exact) mass is 391 g/mol. The largest absolute Gasteiger partial charge is 0.489 e. The lowest BCUT2D eigenvalue weighted by molar-refractivity contribution is 0.196. The van der Waals surface area contributed by atoms with Gasteiger partial charge in [-0.3, -0.25) is 4.90 Å². The van der Waals surface area contributed by atoms with Crippen LogP contribution in [0.1, 0.15) is 5.69 Å². The second-order valence-electron chi connectivity index (χ2n) is 6.47. The number of carbonyl (C=O) groups excluding carboxylic acids is 1. The second kappa shape index (κ2) is 7.19. The average molecular weight is 392 g/mol. The standard InChI is InChI=1S/C18H19ClFN5O2/c1-12-14(20)11-21-17(22-12)23-4-6-24(7-5-23)18(26)25-8-9-27-16-10-13(19)2-3-15(16)25/h2-3,10-11H,4-9H2,1H3. The number of aryl methyl sites for hydroxylation is 1. The molecule has 0 atom stereocenters. The van der Waals surface area contributed by atoms with Crippen LogP contribution < -0.4 is 14.5 Å². The van der Waals surface area contributed by atoms with Gasteiger partial charge in [0, 0.05) is 37.3 Å². The average Bonchev–Trinajstić information content (AvgIpc) is 2.69. The van der Waals surface area contributed by atoms with Gasteiger partial charge in [-0.15, -0.1) is 0 Å². The van der Waals surface area contributed by atoms with Crippen LogP contribution in [0.15, 0.2) is 24.4 Å². The number of ether oxygens (including phenoxy) is 1. The third-order valence-electron chi connectivity index (χ3n) is 4.76. The van der Waals surface area contributed by atoms with Gasteiger partial charge in [-0.25, -0.2) is 19.2 Å². The van der Waals surface area contributed by atoms with Crippen LogP contribution in [0.3, 0.4) is 0 Å². The highest BCUT2D eigenvalue weighted by atomic mass is 35.5. The van der Waals surface area contributed by atoms with E-state index in [1.807, 2.05) is 4.90 Å². The van der Waals surface area contributed by atoms with Crippen LogP contribution >= 0.6 is 11.6 Å². The Labute approximate surface area is 161 Å². The zero-order valence-corrected chi connectivity index (χ0v) is 15.6. The van der Waals surface area contributed by atoms with E-state index in [1.54, 1.807) is 34.9 Å². The summed E-state index contributed by atoms with van der Waals surface area (Å²) in [5.74, 6) is 0.696. The maximum absolute atomic E-state index is 13.4. The molecule has 2 amide bonds. The summed E-state index contributed by atoms with van der Waals surface area (Å²) < 4.78 is 19.0. The van der Waals surface area contributed by atoms with Gasteiger partial charge in [-0.2, -0.15) is 0 Å². The number of anilines is 2. The highest BCUT2D eigenvalue weighted by Gasteiger charge is 2.30. The van der Waals surface area contributed by atoms with Crippen molar-refractivity contribution in [3.8, 4) is 5.75 Å². The molecule has 27 heavy (non-hydrogen) atoms. The van der Waals surface area contributed by atoms with E-state index in [2.05, 4.69) is 9.97 Å². The SMILES string of the molecule is Cc1nc(N2CCN(C(=O)N3CCOc4cc(Cl)ccc43)CC2)ncc1F. The normalized spacial score (nSPS) is 16.8. The molecule has 4 rings (SSSR count). The molecule has 1 saturated heterocycles. The van der Waals surface area contributed by atoms with E-state index in [0.717, 1.165) is 5.69 Å². The van der Waals surface area contributed by atoms with Crippen LogP contribution in [-0.4, -0.2) is 60.2 Å². The van der Waals surface area contributed by atoms with Crippen molar-refractivity contribution in [1.29, 1.82) is 0 Å². The first kappa shape index (κ1) is 17.8. The molecule has 0 aliphatic carbocycles. The number of fused-ring (bicyclic) bond motifs is 1. The summed E-state index contributed by atoms with van der Waals surface area (Å²) in [5, 5.41) is 0.575. The molecule has 1 aromatic carbocycles. The van der Waals surface area contributed by atoms with Crippen LogP contribution in [0, 0.1) is 12.7 Å². The molecule has 142 valence electrons. The first-order valence-electron chi connectivity index (χ1n) is 8.76. The number of rotatable bonds is 1. The minimum absolute atomic E-state index is 0.0577. The Morgan fingerprint density at radius 2 is 2.00 bits per heavy atom. The highest BCUT2D eigenvalue weighted by Crippen LogP contribution is 2.34. The molecule has 1 fully saturated rings. The molecule has 0 N–H and O–H groups in total. The zero-order chi connectivity index (χ0) is 19.0. The van der Waals surface area contributed by atoms with E-state index in [-0.39, 0.29) is 6.03 Å². The van der Waals surface area contributed by atoms with Crippen molar-refractivity contribution in [3.63, 3.8) is 0 Å². The molecule has 0 radical (unpaired) electrons. The second-order valence-corrected chi connectivity index (χ2v) is 6.91. The molecular formula is C18H19ClFN5O2. The Morgan fingerprint density at radius 1 is 1.22 bits per heavy atom. The highest BCUT2D eigenvalue weighted by molar-refractivity contribution is 6.30. The summed E-state index contributed by atoms with van der Waals surface area (Å²) in [7, 11) is 0. The quantitative estimate of drug-likeness (QED) is 0.748. The number of hydrogen-bond donors (Lipinski definition) is 0. The van der Waals surface area contributed by atoms with Crippen molar-refractivity contribution < 1.29 is 13.9 Å². The fourth-order valence-corrected chi connectivity index (χ4v) is 3.42. The minimum atomic E-state index is -0.418. The van der Waals surface area contributed by atoms with Crippen molar-refractivity contribution in [2.24, 2.45) is 0 Å². The summed E-state index contributed by atoms with van der Waals surface area (Å²) >= 11 is 6.01. The van der Waals surface area contributed by atoms with Crippen molar-refractivity contribution in [1.82, 2.24) is 14.9 Å². The number of halogens is 2. The van der Waals surface area contributed by atoms with Gasteiger partial charge in [0.25, 0.3) is 0 Å². The van der Waals surface area contributed by atoms with E-state index < -0.39 is 5.82 Å². The number of benzene rings is 1. The first-order valence-corrected chi connectivity index (χ1v) is 9.13. The van der Waals surface area contributed by atoms with Crippen LogP contribution in [0.25, 0.3) is 0 Å². The van der Waals surface area contributed by atoms with Gasteiger partial charge in [-0.1, -0.05) is 11.6 Å². The summed E-state index contributed by atoms with van der Waals surface area (Å²) in [6.07, 6.45) is 1.19. The molecule has 0 bridgehead atoms. The Bertz CT molecular complexity index is 873. The predicted octanol–water partition coefficient (Wildman–Crippen LogP) is 2.72. The number of hydrogen-bond acceptors (Lipinski definition) is 5. The summed E-state index contributed by atoms with van der Waals surface area (Å²) in [6.45, 7) is 4.80. The summed E-state index contributed by atoms with van der Waals surface area (Å²) in [6, 6.07) is 5.22. The third-order valence-corrected chi connectivity index (χ3v) is 4.99. The van der Waals surface area contributed by atoms with Gasteiger partial charge in [-0.05, 0) is 19.1 Å². The first-order chi connectivity index (χ1) is 13.0. The van der Waals surface area contributed by atoms with Gasteiger partial charge in [0.1, 0.15) is 12.4 Å². The Kier molecular flexibility index (Phi) is 4.73. The van der Waals surface area contributed by atoms with Crippen molar-refractivity contribution in [2.75, 3.05) is 49.1 Å². The topological polar surface area (TPSA) is 61.8 Å². The van der Waals surface area contributed by atoms with E-state index in [4.69, 9.17) is 16.3 Å². The molecule has 0 saturated carbocycles. The molecule has 2 aliphatic rings. The zero-order valence-electron chi connectivity index (χ0n) is 14.9. The molecule has 7 nitrogen and oxygen atoms in total. The predicted molar refractivity (Wildman–Crippen MR) is 100 cm³/mol. The van der Waals surface area contributed by atoms with Crippen LogP contribution in [-0.2, 0) is 0 Å².